The molecule has 0 aromatic heterocycles. The third kappa shape index (κ3) is 2.76. The Hall–Kier alpha value is -1.13. The maximum atomic E-state index is 13.5. The van der Waals surface area contributed by atoms with Crippen LogP contribution in [0.5, 0.6) is 0 Å². The topological polar surface area (TPSA) is 41.1 Å². The number of halogens is 2. The summed E-state index contributed by atoms with van der Waals surface area (Å²) < 4.78 is 13.5. The second-order valence-electron chi connectivity index (χ2n) is 4.32. The molecule has 0 radical (unpaired) electrons. The molecule has 1 amide bonds. The smallest absolute Gasteiger partial charge is 0.227 e. The molecule has 1 aromatic carbocycles. The van der Waals surface area contributed by atoms with Gasteiger partial charge in [0.25, 0.3) is 0 Å². The molecule has 1 aliphatic heterocycles. The van der Waals surface area contributed by atoms with Crippen molar-refractivity contribution >= 4 is 23.2 Å². The first kappa shape index (κ1) is 12.3. The molecule has 0 saturated carbocycles. The van der Waals surface area contributed by atoms with E-state index in [1.165, 1.54) is 12.1 Å². The lowest BCUT2D eigenvalue weighted by Gasteiger charge is -2.31. The standard InChI is InChI=1S/C12H14ClFN2O/c1-7(8-5-15-6-8)12(17)16-11-3-2-9(13)4-10(11)14/h2-4,7-8,15H,5-6H2,1H3,(H,16,17). The largest absolute Gasteiger partial charge is 0.323 e. The first-order chi connectivity index (χ1) is 8.08. The van der Waals surface area contributed by atoms with Crippen LogP contribution in [0.3, 0.4) is 0 Å². The van der Waals surface area contributed by atoms with E-state index in [0.29, 0.717) is 10.9 Å². The minimum Gasteiger partial charge on any atom is -0.323 e. The number of hydrogen-bond donors (Lipinski definition) is 2. The maximum absolute atomic E-state index is 13.5. The summed E-state index contributed by atoms with van der Waals surface area (Å²) in [5.41, 5.74) is 0.179. The SMILES string of the molecule is CC(C(=O)Nc1ccc(Cl)cc1F)C1CNC1. The van der Waals surface area contributed by atoms with Crippen LogP contribution in [0.4, 0.5) is 10.1 Å². The van der Waals surface area contributed by atoms with Crippen molar-refractivity contribution in [3.05, 3.63) is 29.0 Å². The summed E-state index contributed by atoms with van der Waals surface area (Å²) in [7, 11) is 0. The van der Waals surface area contributed by atoms with E-state index in [2.05, 4.69) is 10.6 Å². The Kier molecular flexibility index (Phi) is 3.64. The number of rotatable bonds is 3. The summed E-state index contributed by atoms with van der Waals surface area (Å²) in [4.78, 5) is 11.8. The first-order valence-corrected chi connectivity index (χ1v) is 5.92. The minimum atomic E-state index is -0.509. The average molecular weight is 257 g/mol. The molecule has 2 N–H and O–H groups in total. The molecule has 0 bridgehead atoms. The van der Waals surface area contributed by atoms with Crippen molar-refractivity contribution in [3.63, 3.8) is 0 Å². The molecule has 92 valence electrons. The van der Waals surface area contributed by atoms with E-state index >= 15 is 0 Å². The van der Waals surface area contributed by atoms with Crippen LogP contribution in [0.1, 0.15) is 6.92 Å². The van der Waals surface area contributed by atoms with Crippen molar-refractivity contribution in [3.8, 4) is 0 Å². The Morgan fingerprint density at radius 1 is 1.59 bits per heavy atom. The normalized spacial score (nSPS) is 17.4. The van der Waals surface area contributed by atoms with Gasteiger partial charge < -0.3 is 10.6 Å². The lowest BCUT2D eigenvalue weighted by atomic mass is 9.88. The quantitative estimate of drug-likeness (QED) is 0.871. The molecular weight excluding hydrogens is 243 g/mol. The highest BCUT2D eigenvalue weighted by molar-refractivity contribution is 6.30. The van der Waals surface area contributed by atoms with Crippen molar-refractivity contribution in [2.75, 3.05) is 18.4 Å². The van der Waals surface area contributed by atoms with Gasteiger partial charge in [0.1, 0.15) is 5.82 Å². The molecule has 0 aliphatic carbocycles. The number of carbonyl (C=O) groups excluding carboxylic acids is 1. The second kappa shape index (κ2) is 5.02. The van der Waals surface area contributed by atoms with Gasteiger partial charge in [0.15, 0.2) is 0 Å². The summed E-state index contributed by atoms with van der Waals surface area (Å²) in [6.07, 6.45) is 0. The van der Waals surface area contributed by atoms with Gasteiger partial charge in [-0.1, -0.05) is 18.5 Å². The van der Waals surface area contributed by atoms with E-state index in [4.69, 9.17) is 11.6 Å². The maximum Gasteiger partial charge on any atom is 0.227 e. The Bertz CT molecular complexity index is 435. The van der Waals surface area contributed by atoms with E-state index in [1.807, 2.05) is 6.92 Å². The molecule has 1 unspecified atom stereocenters. The Labute approximate surface area is 104 Å². The number of anilines is 1. The third-order valence-corrected chi connectivity index (χ3v) is 3.36. The first-order valence-electron chi connectivity index (χ1n) is 5.54. The second-order valence-corrected chi connectivity index (χ2v) is 4.76. The zero-order valence-corrected chi connectivity index (χ0v) is 10.2. The fourth-order valence-electron chi connectivity index (χ4n) is 1.72. The molecule has 2 rings (SSSR count). The van der Waals surface area contributed by atoms with Gasteiger partial charge in [0.2, 0.25) is 5.91 Å². The molecule has 1 aromatic rings. The van der Waals surface area contributed by atoms with Crippen LogP contribution in [0.25, 0.3) is 0 Å². The van der Waals surface area contributed by atoms with Crippen LogP contribution in [-0.2, 0) is 4.79 Å². The highest BCUT2D eigenvalue weighted by atomic mass is 35.5. The van der Waals surface area contributed by atoms with Crippen molar-refractivity contribution in [1.29, 1.82) is 0 Å². The molecular formula is C12H14ClFN2O. The van der Waals surface area contributed by atoms with Gasteiger partial charge in [-0.25, -0.2) is 4.39 Å². The van der Waals surface area contributed by atoms with Crippen LogP contribution in [0.2, 0.25) is 5.02 Å². The van der Waals surface area contributed by atoms with Crippen LogP contribution >= 0.6 is 11.6 Å². The summed E-state index contributed by atoms with van der Waals surface area (Å²) in [6.45, 7) is 3.55. The molecule has 1 heterocycles. The fraction of sp³-hybridized carbons (Fsp3) is 0.417. The number of hydrogen-bond acceptors (Lipinski definition) is 2. The highest BCUT2D eigenvalue weighted by Crippen LogP contribution is 2.22. The molecule has 1 saturated heterocycles. The Balaban J connectivity index is 2.02. The van der Waals surface area contributed by atoms with Gasteiger partial charge in [-0.3, -0.25) is 4.79 Å². The number of benzene rings is 1. The predicted octanol–water partition coefficient (Wildman–Crippen LogP) is 2.27. The van der Waals surface area contributed by atoms with Crippen LogP contribution in [0.15, 0.2) is 18.2 Å². The number of amides is 1. The van der Waals surface area contributed by atoms with E-state index in [1.54, 1.807) is 6.07 Å². The third-order valence-electron chi connectivity index (χ3n) is 3.12. The minimum absolute atomic E-state index is 0.119. The Morgan fingerprint density at radius 3 is 2.82 bits per heavy atom. The summed E-state index contributed by atoms with van der Waals surface area (Å²) >= 11 is 5.64. The summed E-state index contributed by atoms with van der Waals surface area (Å²) in [5.74, 6) is -0.445. The lowest BCUT2D eigenvalue weighted by molar-refractivity contribution is -0.121. The van der Waals surface area contributed by atoms with Crippen LogP contribution < -0.4 is 10.6 Å². The molecule has 17 heavy (non-hydrogen) atoms. The molecule has 1 atom stereocenters. The van der Waals surface area contributed by atoms with E-state index in [-0.39, 0.29) is 17.5 Å². The van der Waals surface area contributed by atoms with Gasteiger partial charge in [0.05, 0.1) is 5.69 Å². The summed E-state index contributed by atoms with van der Waals surface area (Å²) in [6, 6.07) is 4.21. The summed E-state index contributed by atoms with van der Waals surface area (Å²) in [5, 5.41) is 6.01. The highest BCUT2D eigenvalue weighted by Gasteiger charge is 2.28. The van der Waals surface area contributed by atoms with Crippen molar-refractivity contribution < 1.29 is 9.18 Å². The van der Waals surface area contributed by atoms with Crippen molar-refractivity contribution in [2.24, 2.45) is 11.8 Å². The van der Waals surface area contributed by atoms with Gasteiger partial charge >= 0.3 is 0 Å². The molecule has 5 heteroatoms. The van der Waals surface area contributed by atoms with Crippen LogP contribution in [-0.4, -0.2) is 19.0 Å². The molecule has 3 nitrogen and oxygen atoms in total. The van der Waals surface area contributed by atoms with E-state index in [0.717, 1.165) is 13.1 Å². The van der Waals surface area contributed by atoms with E-state index < -0.39 is 5.82 Å². The number of nitrogens with one attached hydrogen (secondary N) is 2. The Morgan fingerprint density at radius 2 is 2.29 bits per heavy atom. The zero-order valence-electron chi connectivity index (χ0n) is 9.47. The monoisotopic (exact) mass is 256 g/mol. The van der Waals surface area contributed by atoms with Gasteiger partial charge in [0, 0.05) is 10.9 Å². The molecule has 1 fully saturated rings. The van der Waals surface area contributed by atoms with Crippen molar-refractivity contribution in [1.82, 2.24) is 5.32 Å². The van der Waals surface area contributed by atoms with Crippen LogP contribution in [0, 0.1) is 17.7 Å². The molecule has 0 spiro atoms. The van der Waals surface area contributed by atoms with Crippen molar-refractivity contribution in [2.45, 2.75) is 6.92 Å². The van der Waals surface area contributed by atoms with E-state index in [9.17, 15) is 9.18 Å². The average Bonchev–Trinajstić information content (AvgIpc) is 2.19. The lowest BCUT2D eigenvalue weighted by Crippen LogP contribution is -2.48. The number of carbonyl (C=O) groups is 1. The molecule has 1 aliphatic rings. The fourth-order valence-corrected chi connectivity index (χ4v) is 1.87. The van der Waals surface area contributed by atoms with Gasteiger partial charge in [-0.05, 0) is 37.2 Å². The zero-order chi connectivity index (χ0) is 12.4. The predicted molar refractivity (Wildman–Crippen MR) is 65.6 cm³/mol. The van der Waals surface area contributed by atoms with Gasteiger partial charge in [-0.15, -0.1) is 0 Å². The van der Waals surface area contributed by atoms with Gasteiger partial charge in [-0.2, -0.15) is 0 Å².